The van der Waals surface area contributed by atoms with Gasteiger partial charge < -0.3 is 4.57 Å². The summed E-state index contributed by atoms with van der Waals surface area (Å²) < 4.78 is 2.44. The Morgan fingerprint density at radius 3 is 2.93 bits per heavy atom. The number of aryl methyl sites for hydroxylation is 1. The maximum atomic E-state index is 11.7. The van der Waals surface area contributed by atoms with Crippen molar-refractivity contribution in [2.75, 3.05) is 5.32 Å². The van der Waals surface area contributed by atoms with Crippen molar-refractivity contribution in [2.45, 2.75) is 0 Å². The van der Waals surface area contributed by atoms with Crippen LogP contribution in [0.5, 0.6) is 0 Å². The van der Waals surface area contributed by atoms with E-state index in [0.717, 1.165) is 0 Å². The molecule has 2 rings (SSSR count). The molecule has 0 aromatic carbocycles. The van der Waals surface area contributed by atoms with E-state index in [1.54, 1.807) is 29.5 Å². The summed E-state index contributed by atoms with van der Waals surface area (Å²) in [4.78, 5) is 19.6. The van der Waals surface area contributed by atoms with Crippen LogP contribution in [0.25, 0.3) is 0 Å². The lowest BCUT2D eigenvalue weighted by molar-refractivity contribution is 0.102. The fourth-order valence-electron chi connectivity index (χ4n) is 1.03. The topological polar surface area (TPSA) is 59.8 Å². The van der Waals surface area contributed by atoms with Crippen LogP contribution < -0.4 is 5.32 Å². The van der Waals surface area contributed by atoms with E-state index in [1.807, 2.05) is 0 Å². The van der Waals surface area contributed by atoms with Crippen molar-refractivity contribution in [1.82, 2.24) is 14.5 Å². The van der Waals surface area contributed by atoms with Gasteiger partial charge in [0.25, 0.3) is 5.91 Å². The van der Waals surface area contributed by atoms with Gasteiger partial charge >= 0.3 is 0 Å². The molecule has 0 atom stereocenters. The molecule has 0 fully saturated rings. The minimum Gasteiger partial charge on any atom is -0.320 e. The molecule has 1 amide bonds. The Balaban J connectivity index is 2.18. The van der Waals surface area contributed by atoms with Gasteiger partial charge in [-0.2, -0.15) is 0 Å². The molecular formula is C8H7BrN4OS. The van der Waals surface area contributed by atoms with E-state index >= 15 is 0 Å². The first kappa shape index (κ1) is 10.3. The minimum absolute atomic E-state index is 0.266. The van der Waals surface area contributed by atoms with Gasteiger partial charge in [-0.1, -0.05) is 0 Å². The molecule has 1 N–H and O–H groups in total. The number of halogens is 1. The first-order valence-corrected chi connectivity index (χ1v) is 5.73. The van der Waals surface area contributed by atoms with Gasteiger partial charge in [0, 0.05) is 19.4 Å². The Morgan fingerprint density at radius 1 is 1.60 bits per heavy atom. The molecule has 15 heavy (non-hydrogen) atoms. The van der Waals surface area contributed by atoms with Gasteiger partial charge in [-0.15, -0.1) is 11.3 Å². The number of thiazole rings is 1. The molecule has 0 bridgehead atoms. The largest absolute Gasteiger partial charge is 0.320 e. The van der Waals surface area contributed by atoms with Crippen LogP contribution in [0.4, 0.5) is 5.95 Å². The van der Waals surface area contributed by atoms with Gasteiger partial charge in [0.05, 0.1) is 5.51 Å². The quantitative estimate of drug-likeness (QED) is 0.917. The molecule has 0 unspecified atom stereocenters. The molecule has 2 aromatic rings. The average molecular weight is 287 g/mol. The minimum atomic E-state index is -0.266. The van der Waals surface area contributed by atoms with E-state index in [1.165, 1.54) is 11.3 Å². The Labute approximate surface area is 98.3 Å². The number of aromatic nitrogens is 3. The van der Waals surface area contributed by atoms with Crippen molar-refractivity contribution in [3.8, 4) is 0 Å². The van der Waals surface area contributed by atoms with E-state index in [4.69, 9.17) is 0 Å². The summed E-state index contributed by atoms with van der Waals surface area (Å²) in [6.07, 6.45) is 3.37. The number of imidazole rings is 1. The number of anilines is 1. The summed E-state index contributed by atoms with van der Waals surface area (Å²) in [5.74, 6) is 0.234. The second-order valence-corrected chi connectivity index (χ2v) is 4.96. The van der Waals surface area contributed by atoms with Gasteiger partial charge in [-0.05, 0) is 15.9 Å². The van der Waals surface area contributed by atoms with E-state index in [-0.39, 0.29) is 5.91 Å². The second kappa shape index (κ2) is 4.11. The molecule has 0 spiro atoms. The van der Waals surface area contributed by atoms with Gasteiger partial charge in [0.15, 0.2) is 5.69 Å². The molecule has 0 aliphatic rings. The average Bonchev–Trinajstić information content (AvgIpc) is 2.76. The summed E-state index contributed by atoms with van der Waals surface area (Å²) in [6, 6.07) is 0. The second-order valence-electron chi connectivity index (χ2n) is 2.79. The van der Waals surface area contributed by atoms with Crippen LogP contribution >= 0.6 is 27.3 Å². The highest BCUT2D eigenvalue weighted by Gasteiger charge is 2.14. The zero-order chi connectivity index (χ0) is 10.8. The third-order valence-electron chi connectivity index (χ3n) is 1.79. The number of hydrogen-bond donors (Lipinski definition) is 1. The molecule has 5 nitrogen and oxygen atoms in total. The first-order chi connectivity index (χ1) is 7.18. The molecule has 0 saturated carbocycles. The van der Waals surface area contributed by atoms with Crippen molar-refractivity contribution in [1.29, 1.82) is 0 Å². The van der Waals surface area contributed by atoms with E-state index < -0.39 is 0 Å². The monoisotopic (exact) mass is 286 g/mol. The number of carbonyl (C=O) groups excluding carboxylic acids is 1. The SMILES string of the molecule is Cn1ccnc1NC(=O)c1ncsc1Br. The van der Waals surface area contributed by atoms with E-state index in [2.05, 4.69) is 31.2 Å². The number of amides is 1. The molecule has 78 valence electrons. The summed E-state index contributed by atoms with van der Waals surface area (Å²) in [5, 5.41) is 2.66. The van der Waals surface area contributed by atoms with Crippen LogP contribution in [0.2, 0.25) is 0 Å². The maximum absolute atomic E-state index is 11.7. The Morgan fingerprint density at radius 2 is 2.40 bits per heavy atom. The summed E-state index contributed by atoms with van der Waals surface area (Å²) in [5.41, 5.74) is 1.99. The lowest BCUT2D eigenvalue weighted by Gasteiger charge is -2.02. The predicted octanol–water partition coefficient (Wildman–Crippen LogP) is 1.89. The Kier molecular flexibility index (Phi) is 2.83. The number of carbonyl (C=O) groups is 1. The molecule has 0 aliphatic heterocycles. The van der Waals surface area contributed by atoms with Crippen LogP contribution in [0.3, 0.4) is 0 Å². The Bertz CT molecular complexity index is 492. The summed E-state index contributed by atoms with van der Waals surface area (Å²) >= 11 is 4.62. The normalized spacial score (nSPS) is 10.3. The summed E-state index contributed by atoms with van der Waals surface area (Å²) in [6.45, 7) is 0. The molecule has 2 aromatic heterocycles. The predicted molar refractivity (Wildman–Crippen MR) is 61.0 cm³/mol. The number of nitrogens with one attached hydrogen (secondary N) is 1. The van der Waals surface area contributed by atoms with Crippen molar-refractivity contribution in [3.63, 3.8) is 0 Å². The van der Waals surface area contributed by atoms with Gasteiger partial charge in [-0.25, -0.2) is 9.97 Å². The number of nitrogens with zero attached hydrogens (tertiary/aromatic N) is 3. The van der Waals surface area contributed by atoms with Gasteiger partial charge in [0.1, 0.15) is 3.79 Å². The smallest absolute Gasteiger partial charge is 0.278 e. The lowest BCUT2D eigenvalue weighted by atomic mass is 10.4. The molecule has 0 radical (unpaired) electrons. The van der Waals surface area contributed by atoms with Crippen LogP contribution in [0.15, 0.2) is 21.7 Å². The van der Waals surface area contributed by atoms with E-state index in [0.29, 0.717) is 15.4 Å². The highest BCUT2D eigenvalue weighted by atomic mass is 79.9. The molecule has 2 heterocycles. The zero-order valence-electron chi connectivity index (χ0n) is 7.77. The van der Waals surface area contributed by atoms with Crippen molar-refractivity contribution >= 4 is 39.1 Å². The van der Waals surface area contributed by atoms with Gasteiger partial charge in [-0.3, -0.25) is 10.1 Å². The zero-order valence-corrected chi connectivity index (χ0v) is 10.2. The van der Waals surface area contributed by atoms with Crippen molar-refractivity contribution in [2.24, 2.45) is 7.05 Å². The number of hydrogen-bond acceptors (Lipinski definition) is 4. The third kappa shape index (κ3) is 2.07. The molecular weight excluding hydrogens is 280 g/mol. The number of rotatable bonds is 2. The first-order valence-electron chi connectivity index (χ1n) is 4.06. The fraction of sp³-hybridized carbons (Fsp3) is 0.125. The molecule has 7 heteroatoms. The van der Waals surface area contributed by atoms with Crippen LogP contribution in [0.1, 0.15) is 10.5 Å². The van der Waals surface area contributed by atoms with Gasteiger partial charge in [0.2, 0.25) is 5.95 Å². The standard InChI is InChI=1S/C8H7BrN4OS/c1-13-3-2-10-8(13)12-7(14)5-6(9)15-4-11-5/h2-4H,1H3,(H,10,12,14). The fourth-order valence-corrected chi connectivity index (χ4v) is 2.07. The molecule has 0 saturated heterocycles. The molecule has 0 aliphatic carbocycles. The van der Waals surface area contributed by atoms with Crippen LogP contribution in [-0.2, 0) is 7.05 Å². The van der Waals surface area contributed by atoms with Crippen molar-refractivity contribution in [3.05, 3.63) is 27.4 Å². The highest BCUT2D eigenvalue weighted by molar-refractivity contribution is 9.11. The van der Waals surface area contributed by atoms with Crippen molar-refractivity contribution < 1.29 is 4.79 Å². The van der Waals surface area contributed by atoms with Crippen LogP contribution in [0, 0.1) is 0 Å². The lowest BCUT2D eigenvalue weighted by Crippen LogP contribution is -2.15. The summed E-state index contributed by atoms with van der Waals surface area (Å²) in [7, 11) is 1.80. The maximum Gasteiger partial charge on any atom is 0.278 e. The van der Waals surface area contributed by atoms with Crippen LogP contribution in [-0.4, -0.2) is 20.4 Å². The third-order valence-corrected chi connectivity index (χ3v) is 3.33. The Hall–Kier alpha value is -1.21. The highest BCUT2D eigenvalue weighted by Crippen LogP contribution is 2.21. The van der Waals surface area contributed by atoms with E-state index in [9.17, 15) is 4.79 Å².